The van der Waals surface area contributed by atoms with Crippen LogP contribution in [0.5, 0.6) is 0 Å². The zero-order valence-corrected chi connectivity index (χ0v) is 16.4. The molecular formula is C21H25N7O. The smallest absolute Gasteiger partial charge is 0.229 e. The number of carbonyl (C=O) groups is 1. The lowest BCUT2D eigenvalue weighted by Gasteiger charge is -2.29. The Kier molecular flexibility index (Phi) is 4.75. The molecule has 2 aliphatic heterocycles. The molecule has 2 N–H and O–H groups in total. The van der Waals surface area contributed by atoms with Gasteiger partial charge >= 0.3 is 0 Å². The second-order valence-electron chi connectivity index (χ2n) is 7.68. The number of aromatic amines is 1. The van der Waals surface area contributed by atoms with Crippen LogP contribution in [0.3, 0.4) is 0 Å². The standard InChI is InChI=1S/C21H25N7O/c29-17-7-3-10-27(17)11-4-9-22-19-18-20(24-14-23-18)26-21(25-19)28-12-8-15-5-1-2-6-16(15)13-28/h1-2,5-6,14H,3-4,7-13H2,(H2,22,23,24,25,26). The number of likely N-dealkylation sites (tertiary alicyclic amines) is 1. The first-order valence-corrected chi connectivity index (χ1v) is 10.3. The molecule has 1 fully saturated rings. The summed E-state index contributed by atoms with van der Waals surface area (Å²) in [5, 5.41) is 3.42. The molecule has 8 nitrogen and oxygen atoms in total. The summed E-state index contributed by atoms with van der Waals surface area (Å²) in [6.45, 7) is 4.12. The third kappa shape index (κ3) is 3.62. The van der Waals surface area contributed by atoms with Gasteiger partial charge in [-0.3, -0.25) is 4.79 Å². The van der Waals surface area contributed by atoms with E-state index < -0.39 is 0 Å². The van der Waals surface area contributed by atoms with Crippen molar-refractivity contribution in [1.29, 1.82) is 0 Å². The predicted molar refractivity (Wildman–Crippen MR) is 112 cm³/mol. The highest BCUT2D eigenvalue weighted by atomic mass is 16.2. The van der Waals surface area contributed by atoms with Gasteiger partial charge in [-0.2, -0.15) is 9.97 Å². The van der Waals surface area contributed by atoms with E-state index in [1.54, 1.807) is 6.33 Å². The van der Waals surface area contributed by atoms with Crippen molar-refractivity contribution in [3.63, 3.8) is 0 Å². The van der Waals surface area contributed by atoms with Crippen LogP contribution in [0.25, 0.3) is 11.2 Å². The number of benzene rings is 1. The minimum absolute atomic E-state index is 0.274. The van der Waals surface area contributed by atoms with Crippen LogP contribution < -0.4 is 10.2 Å². The van der Waals surface area contributed by atoms with E-state index in [0.717, 1.165) is 63.3 Å². The van der Waals surface area contributed by atoms with Crippen molar-refractivity contribution in [2.24, 2.45) is 0 Å². The molecule has 0 bridgehead atoms. The van der Waals surface area contributed by atoms with Gasteiger partial charge in [0.05, 0.1) is 6.33 Å². The van der Waals surface area contributed by atoms with Crippen LogP contribution in [0.4, 0.5) is 11.8 Å². The molecule has 150 valence electrons. The summed E-state index contributed by atoms with van der Waals surface area (Å²) in [5.74, 6) is 1.75. The number of nitrogens with one attached hydrogen (secondary N) is 2. The highest BCUT2D eigenvalue weighted by Crippen LogP contribution is 2.25. The highest BCUT2D eigenvalue weighted by Gasteiger charge is 2.21. The van der Waals surface area contributed by atoms with Crippen LogP contribution in [-0.2, 0) is 17.8 Å². The molecule has 1 aromatic carbocycles. The Bertz CT molecular complexity index is 1030. The Balaban J connectivity index is 1.30. The normalized spacial score (nSPS) is 16.5. The minimum Gasteiger partial charge on any atom is -0.368 e. The third-order valence-corrected chi connectivity index (χ3v) is 5.76. The number of anilines is 2. The number of hydrogen-bond donors (Lipinski definition) is 2. The van der Waals surface area contributed by atoms with Crippen molar-refractivity contribution in [2.45, 2.75) is 32.2 Å². The van der Waals surface area contributed by atoms with Crippen LogP contribution in [-0.4, -0.2) is 56.9 Å². The van der Waals surface area contributed by atoms with Gasteiger partial charge in [0.1, 0.15) is 5.52 Å². The lowest BCUT2D eigenvalue weighted by molar-refractivity contribution is -0.127. The van der Waals surface area contributed by atoms with Crippen LogP contribution in [0.15, 0.2) is 30.6 Å². The summed E-state index contributed by atoms with van der Waals surface area (Å²) in [5.41, 5.74) is 4.23. The van der Waals surface area contributed by atoms with E-state index in [4.69, 9.17) is 4.98 Å². The third-order valence-electron chi connectivity index (χ3n) is 5.76. The molecule has 29 heavy (non-hydrogen) atoms. The first kappa shape index (κ1) is 17.9. The van der Waals surface area contributed by atoms with Crippen molar-refractivity contribution in [3.05, 3.63) is 41.7 Å². The van der Waals surface area contributed by atoms with Gasteiger partial charge in [-0.05, 0) is 30.4 Å². The molecule has 0 saturated carbocycles. The Hall–Kier alpha value is -3.16. The summed E-state index contributed by atoms with van der Waals surface area (Å²) >= 11 is 0. The fraction of sp³-hybridized carbons (Fsp3) is 0.429. The van der Waals surface area contributed by atoms with Crippen LogP contribution in [0, 0.1) is 0 Å². The average Bonchev–Trinajstić information content (AvgIpc) is 3.39. The fourth-order valence-electron chi connectivity index (χ4n) is 4.17. The molecule has 0 radical (unpaired) electrons. The molecule has 2 aliphatic rings. The molecule has 0 unspecified atom stereocenters. The summed E-state index contributed by atoms with van der Waals surface area (Å²) in [7, 11) is 0. The molecule has 1 amide bonds. The number of fused-ring (bicyclic) bond motifs is 2. The molecule has 4 heterocycles. The van der Waals surface area contributed by atoms with E-state index in [0.29, 0.717) is 18.0 Å². The largest absolute Gasteiger partial charge is 0.368 e. The lowest BCUT2D eigenvalue weighted by Crippen LogP contribution is -2.32. The Labute approximate surface area is 169 Å². The minimum atomic E-state index is 0.274. The van der Waals surface area contributed by atoms with Crippen LogP contribution in [0.2, 0.25) is 0 Å². The van der Waals surface area contributed by atoms with Crippen LogP contribution in [0.1, 0.15) is 30.4 Å². The number of amides is 1. The molecule has 0 spiro atoms. The van der Waals surface area contributed by atoms with Crippen molar-refractivity contribution in [3.8, 4) is 0 Å². The zero-order valence-electron chi connectivity index (χ0n) is 16.4. The maximum atomic E-state index is 11.8. The Morgan fingerprint density at radius 2 is 2.00 bits per heavy atom. The number of H-pyrrole nitrogens is 1. The maximum absolute atomic E-state index is 11.8. The maximum Gasteiger partial charge on any atom is 0.229 e. The molecule has 1 saturated heterocycles. The molecule has 5 rings (SSSR count). The van der Waals surface area contributed by atoms with Crippen molar-refractivity contribution < 1.29 is 4.79 Å². The van der Waals surface area contributed by atoms with E-state index in [1.165, 1.54) is 11.1 Å². The van der Waals surface area contributed by atoms with Gasteiger partial charge in [-0.1, -0.05) is 24.3 Å². The first-order valence-electron chi connectivity index (χ1n) is 10.3. The summed E-state index contributed by atoms with van der Waals surface area (Å²) in [6.07, 6.45) is 5.21. The van der Waals surface area contributed by atoms with Gasteiger partial charge in [-0.25, -0.2) is 4.98 Å². The average molecular weight is 391 g/mol. The van der Waals surface area contributed by atoms with Crippen molar-refractivity contribution >= 4 is 28.8 Å². The van der Waals surface area contributed by atoms with Gasteiger partial charge in [0.25, 0.3) is 0 Å². The molecular weight excluding hydrogens is 366 g/mol. The van der Waals surface area contributed by atoms with Gasteiger partial charge in [0.15, 0.2) is 11.5 Å². The second-order valence-corrected chi connectivity index (χ2v) is 7.68. The van der Waals surface area contributed by atoms with Gasteiger partial charge < -0.3 is 20.1 Å². The highest BCUT2D eigenvalue weighted by molar-refractivity contribution is 5.83. The Morgan fingerprint density at radius 3 is 2.86 bits per heavy atom. The van der Waals surface area contributed by atoms with Crippen LogP contribution >= 0.6 is 0 Å². The van der Waals surface area contributed by atoms with Gasteiger partial charge in [-0.15, -0.1) is 0 Å². The summed E-state index contributed by atoms with van der Waals surface area (Å²) in [6, 6.07) is 8.55. The van der Waals surface area contributed by atoms with E-state index in [1.807, 2.05) is 4.90 Å². The van der Waals surface area contributed by atoms with E-state index in [2.05, 4.69) is 49.4 Å². The molecule has 2 aromatic heterocycles. The SMILES string of the molecule is O=C1CCCN1CCCNc1nc(N2CCc3ccccc3C2)nc2nc[nH]c12. The van der Waals surface area contributed by atoms with E-state index in [9.17, 15) is 4.79 Å². The fourth-order valence-corrected chi connectivity index (χ4v) is 4.17. The molecule has 3 aromatic rings. The summed E-state index contributed by atoms with van der Waals surface area (Å²) < 4.78 is 0. The van der Waals surface area contributed by atoms with Crippen molar-refractivity contribution in [2.75, 3.05) is 36.4 Å². The second kappa shape index (κ2) is 7.69. The number of aromatic nitrogens is 4. The predicted octanol–water partition coefficient (Wildman–Crippen LogP) is 2.34. The zero-order chi connectivity index (χ0) is 19.6. The van der Waals surface area contributed by atoms with Gasteiger partial charge in [0.2, 0.25) is 11.9 Å². The quantitative estimate of drug-likeness (QED) is 0.627. The summed E-state index contributed by atoms with van der Waals surface area (Å²) in [4.78, 5) is 32.9. The molecule has 0 atom stereocenters. The van der Waals surface area contributed by atoms with E-state index >= 15 is 0 Å². The van der Waals surface area contributed by atoms with E-state index in [-0.39, 0.29) is 5.91 Å². The number of rotatable bonds is 6. The first-order chi connectivity index (χ1) is 14.3. The lowest BCUT2D eigenvalue weighted by atomic mass is 10.0. The number of hydrogen-bond acceptors (Lipinski definition) is 6. The van der Waals surface area contributed by atoms with Gasteiger partial charge in [0, 0.05) is 39.1 Å². The van der Waals surface area contributed by atoms with Crippen molar-refractivity contribution in [1.82, 2.24) is 24.8 Å². The monoisotopic (exact) mass is 391 g/mol. The topological polar surface area (TPSA) is 90.0 Å². The number of nitrogens with zero attached hydrogens (tertiary/aromatic N) is 5. The molecule has 8 heteroatoms. The molecule has 0 aliphatic carbocycles. The number of carbonyl (C=O) groups excluding carboxylic acids is 1. The Morgan fingerprint density at radius 1 is 1.10 bits per heavy atom. The number of imidazole rings is 1.